The van der Waals surface area contributed by atoms with Gasteiger partial charge in [-0.15, -0.1) is 11.3 Å². The van der Waals surface area contributed by atoms with Gasteiger partial charge in [-0.2, -0.15) is 0 Å². The van der Waals surface area contributed by atoms with E-state index in [4.69, 9.17) is 0 Å². The number of aryl methyl sites for hydroxylation is 2. The van der Waals surface area contributed by atoms with E-state index in [1.165, 1.54) is 28.3 Å². The first-order valence-electron chi connectivity index (χ1n) is 6.66. The molecule has 1 aromatic rings. The van der Waals surface area contributed by atoms with Crippen molar-refractivity contribution in [2.75, 3.05) is 19.6 Å². The number of nitrogens with zero attached hydrogens (tertiary/aromatic N) is 1. The lowest BCUT2D eigenvalue weighted by Gasteiger charge is -2.40. The predicted octanol–water partition coefficient (Wildman–Crippen LogP) is 3.11. The van der Waals surface area contributed by atoms with Gasteiger partial charge in [-0.3, -0.25) is 4.90 Å². The highest BCUT2D eigenvalue weighted by molar-refractivity contribution is 7.12. The Labute approximate surface area is 109 Å². The molecule has 2 atom stereocenters. The summed E-state index contributed by atoms with van der Waals surface area (Å²) in [6, 6.07) is 3.63. The monoisotopic (exact) mass is 252 g/mol. The van der Waals surface area contributed by atoms with E-state index in [1.54, 1.807) is 0 Å². The molecule has 1 N–H and O–H groups in total. The van der Waals surface area contributed by atoms with E-state index in [2.05, 4.69) is 44.0 Å². The van der Waals surface area contributed by atoms with Crippen LogP contribution in [0.4, 0.5) is 0 Å². The second-order valence-corrected chi connectivity index (χ2v) is 6.51. The van der Waals surface area contributed by atoms with Gasteiger partial charge in [-0.25, -0.2) is 0 Å². The molecule has 96 valence electrons. The summed E-state index contributed by atoms with van der Waals surface area (Å²) in [7, 11) is 0. The van der Waals surface area contributed by atoms with E-state index in [1.807, 2.05) is 11.3 Å². The van der Waals surface area contributed by atoms with Crippen LogP contribution in [0.2, 0.25) is 0 Å². The number of piperazine rings is 1. The summed E-state index contributed by atoms with van der Waals surface area (Å²) in [6.45, 7) is 12.6. The lowest BCUT2D eigenvalue weighted by molar-refractivity contribution is 0.112. The molecule has 0 aromatic carbocycles. The van der Waals surface area contributed by atoms with Gasteiger partial charge in [0.2, 0.25) is 0 Å². The Kier molecular flexibility index (Phi) is 4.23. The number of thiophene rings is 1. The molecule has 0 bridgehead atoms. The van der Waals surface area contributed by atoms with Crippen molar-refractivity contribution < 1.29 is 0 Å². The molecule has 0 spiro atoms. The van der Waals surface area contributed by atoms with Gasteiger partial charge in [0.25, 0.3) is 0 Å². The van der Waals surface area contributed by atoms with Gasteiger partial charge in [0.15, 0.2) is 0 Å². The Morgan fingerprint density at radius 2 is 2.29 bits per heavy atom. The molecule has 1 fully saturated rings. The Balaban J connectivity index is 2.17. The molecule has 0 amide bonds. The van der Waals surface area contributed by atoms with Crippen LogP contribution in [0.5, 0.6) is 0 Å². The third-order valence-electron chi connectivity index (χ3n) is 3.89. The van der Waals surface area contributed by atoms with Crippen molar-refractivity contribution in [3.05, 3.63) is 21.4 Å². The van der Waals surface area contributed by atoms with Crippen LogP contribution in [0.15, 0.2) is 6.07 Å². The van der Waals surface area contributed by atoms with E-state index in [0.29, 0.717) is 12.1 Å². The Morgan fingerprint density at radius 3 is 2.88 bits per heavy atom. The summed E-state index contributed by atoms with van der Waals surface area (Å²) in [4.78, 5) is 5.60. The van der Waals surface area contributed by atoms with Gasteiger partial charge < -0.3 is 5.32 Å². The molecule has 1 aliphatic rings. The molecule has 2 unspecified atom stereocenters. The Bertz CT molecular complexity index is 372. The topological polar surface area (TPSA) is 15.3 Å². The van der Waals surface area contributed by atoms with Gasteiger partial charge in [-0.1, -0.05) is 6.92 Å². The van der Waals surface area contributed by atoms with Crippen LogP contribution in [0, 0.1) is 13.8 Å². The maximum Gasteiger partial charge on any atom is 0.0334 e. The summed E-state index contributed by atoms with van der Waals surface area (Å²) in [6.07, 6.45) is 1.24. The third kappa shape index (κ3) is 2.72. The molecule has 3 heteroatoms. The van der Waals surface area contributed by atoms with Gasteiger partial charge in [0.05, 0.1) is 0 Å². The molecule has 0 aliphatic carbocycles. The van der Waals surface area contributed by atoms with E-state index in [-0.39, 0.29) is 0 Å². The van der Waals surface area contributed by atoms with Crippen LogP contribution in [0.25, 0.3) is 0 Å². The van der Waals surface area contributed by atoms with Gasteiger partial charge in [-0.05, 0) is 38.8 Å². The fourth-order valence-corrected chi connectivity index (χ4v) is 3.93. The first-order valence-corrected chi connectivity index (χ1v) is 7.48. The van der Waals surface area contributed by atoms with E-state index >= 15 is 0 Å². The number of nitrogens with one attached hydrogen (secondary N) is 1. The van der Waals surface area contributed by atoms with Crippen molar-refractivity contribution in [3.63, 3.8) is 0 Å². The van der Waals surface area contributed by atoms with Crippen LogP contribution >= 0.6 is 11.3 Å². The quantitative estimate of drug-likeness (QED) is 0.889. The predicted molar refractivity (Wildman–Crippen MR) is 75.9 cm³/mol. The van der Waals surface area contributed by atoms with E-state index < -0.39 is 0 Å². The smallest absolute Gasteiger partial charge is 0.0334 e. The molecule has 1 saturated heterocycles. The molecular weight excluding hydrogens is 228 g/mol. The fourth-order valence-electron chi connectivity index (χ4n) is 2.91. The van der Waals surface area contributed by atoms with Gasteiger partial charge >= 0.3 is 0 Å². The van der Waals surface area contributed by atoms with Crippen molar-refractivity contribution in [2.24, 2.45) is 0 Å². The average Bonchev–Trinajstić information content (AvgIpc) is 2.67. The first-order chi connectivity index (χ1) is 8.13. The standard InChI is InChI=1S/C14H24N2S/c1-5-13-9-15-6-7-16(13)11(3)14-8-10(2)17-12(14)4/h8,11,13,15H,5-7,9H2,1-4H3. The van der Waals surface area contributed by atoms with Crippen LogP contribution < -0.4 is 5.32 Å². The van der Waals surface area contributed by atoms with Crippen molar-refractivity contribution in [2.45, 2.75) is 46.2 Å². The molecule has 1 aliphatic heterocycles. The zero-order valence-corrected chi connectivity index (χ0v) is 12.2. The van der Waals surface area contributed by atoms with Crippen molar-refractivity contribution in [1.82, 2.24) is 10.2 Å². The second kappa shape index (κ2) is 5.51. The normalized spacial score (nSPS) is 23.9. The lowest BCUT2D eigenvalue weighted by atomic mass is 10.0. The highest BCUT2D eigenvalue weighted by Gasteiger charge is 2.27. The van der Waals surface area contributed by atoms with E-state index in [9.17, 15) is 0 Å². The lowest BCUT2D eigenvalue weighted by Crippen LogP contribution is -2.51. The van der Waals surface area contributed by atoms with Crippen LogP contribution in [-0.4, -0.2) is 30.6 Å². The molecule has 0 radical (unpaired) electrons. The van der Waals surface area contributed by atoms with Gasteiger partial charge in [0.1, 0.15) is 0 Å². The Hall–Kier alpha value is -0.380. The molecule has 2 heterocycles. The largest absolute Gasteiger partial charge is 0.314 e. The summed E-state index contributed by atoms with van der Waals surface area (Å²) in [5.74, 6) is 0. The maximum atomic E-state index is 3.50. The zero-order valence-electron chi connectivity index (χ0n) is 11.4. The molecule has 2 nitrogen and oxygen atoms in total. The minimum absolute atomic E-state index is 0.562. The second-order valence-electron chi connectivity index (χ2n) is 5.05. The first kappa shape index (κ1) is 13.1. The Morgan fingerprint density at radius 1 is 1.53 bits per heavy atom. The SMILES string of the molecule is CCC1CNCCN1C(C)c1cc(C)sc1C. The minimum Gasteiger partial charge on any atom is -0.314 e. The molecular formula is C14H24N2S. The molecule has 1 aromatic heterocycles. The molecule has 0 saturated carbocycles. The van der Waals surface area contributed by atoms with Crippen LogP contribution in [0.1, 0.15) is 41.6 Å². The van der Waals surface area contributed by atoms with Crippen molar-refractivity contribution >= 4 is 11.3 Å². The summed E-state index contributed by atoms with van der Waals surface area (Å²) >= 11 is 1.93. The summed E-state index contributed by atoms with van der Waals surface area (Å²) in [5.41, 5.74) is 1.54. The number of hydrogen-bond acceptors (Lipinski definition) is 3. The average molecular weight is 252 g/mol. The summed E-state index contributed by atoms with van der Waals surface area (Å²) < 4.78 is 0. The molecule has 2 rings (SSSR count). The van der Waals surface area contributed by atoms with Crippen LogP contribution in [0.3, 0.4) is 0 Å². The maximum absolute atomic E-state index is 3.50. The zero-order chi connectivity index (χ0) is 12.4. The van der Waals surface area contributed by atoms with Gasteiger partial charge in [0, 0.05) is 41.5 Å². The number of hydrogen-bond donors (Lipinski definition) is 1. The highest BCUT2D eigenvalue weighted by atomic mass is 32.1. The van der Waals surface area contributed by atoms with E-state index in [0.717, 1.165) is 13.1 Å². The minimum atomic E-state index is 0.562. The highest BCUT2D eigenvalue weighted by Crippen LogP contribution is 2.31. The number of rotatable bonds is 3. The van der Waals surface area contributed by atoms with Crippen molar-refractivity contribution in [1.29, 1.82) is 0 Å². The third-order valence-corrected chi connectivity index (χ3v) is 4.88. The summed E-state index contributed by atoms with van der Waals surface area (Å²) in [5, 5.41) is 3.50. The molecule has 17 heavy (non-hydrogen) atoms. The van der Waals surface area contributed by atoms with Crippen LogP contribution in [-0.2, 0) is 0 Å². The fraction of sp³-hybridized carbons (Fsp3) is 0.714. The van der Waals surface area contributed by atoms with Crippen molar-refractivity contribution in [3.8, 4) is 0 Å².